The minimum Gasteiger partial charge on any atom is -0.348 e. The van der Waals surface area contributed by atoms with Crippen LogP contribution in [-0.2, 0) is 13.0 Å². The molecule has 3 aromatic rings. The number of hydrogen-bond acceptors (Lipinski definition) is 3. The minimum atomic E-state index is -0.151. The second-order valence-corrected chi connectivity index (χ2v) is 8.46. The van der Waals surface area contributed by atoms with Crippen LogP contribution in [0.2, 0.25) is 5.02 Å². The molecule has 160 valence electrons. The van der Waals surface area contributed by atoms with Crippen LogP contribution in [-0.4, -0.2) is 28.1 Å². The highest BCUT2D eigenvalue weighted by Crippen LogP contribution is 2.30. The van der Waals surface area contributed by atoms with Crippen LogP contribution in [0.4, 0.5) is 5.69 Å². The maximum atomic E-state index is 13.0. The van der Waals surface area contributed by atoms with Crippen LogP contribution in [0.25, 0.3) is 0 Å². The topological polar surface area (TPSA) is 67.2 Å². The normalized spacial score (nSPS) is 13.2. The summed E-state index contributed by atoms with van der Waals surface area (Å²) in [5, 5.41) is 7.72. The van der Waals surface area contributed by atoms with E-state index in [1.54, 1.807) is 41.3 Å². The number of carbonyl (C=O) groups excluding carboxylic acids is 2. The number of nitrogens with one attached hydrogen (secondary N) is 1. The van der Waals surface area contributed by atoms with Gasteiger partial charge in [0.1, 0.15) is 0 Å². The summed E-state index contributed by atoms with van der Waals surface area (Å²) < 4.78 is 1.76. The van der Waals surface area contributed by atoms with E-state index < -0.39 is 0 Å². The summed E-state index contributed by atoms with van der Waals surface area (Å²) in [4.78, 5) is 27.3. The van der Waals surface area contributed by atoms with E-state index in [-0.39, 0.29) is 17.9 Å². The van der Waals surface area contributed by atoms with Crippen LogP contribution >= 0.6 is 11.6 Å². The molecule has 0 radical (unpaired) electrons. The SMILES string of the molecule is CC(C)n1cc(C(=O)NCc2ccc3c(c2)CCCN3C(=O)c2cccc(Cl)c2)cn1. The Morgan fingerprint density at radius 3 is 2.74 bits per heavy atom. The molecule has 0 saturated heterocycles. The average Bonchev–Trinajstić information content (AvgIpc) is 3.27. The van der Waals surface area contributed by atoms with Gasteiger partial charge in [-0.25, -0.2) is 0 Å². The molecule has 1 aliphatic heterocycles. The molecule has 0 bridgehead atoms. The van der Waals surface area contributed by atoms with Gasteiger partial charge in [0.2, 0.25) is 0 Å². The predicted molar refractivity (Wildman–Crippen MR) is 122 cm³/mol. The molecule has 0 spiro atoms. The van der Waals surface area contributed by atoms with Crippen LogP contribution in [0, 0.1) is 0 Å². The van der Waals surface area contributed by atoms with Gasteiger partial charge in [0.15, 0.2) is 0 Å². The molecule has 0 unspecified atom stereocenters. The molecule has 31 heavy (non-hydrogen) atoms. The van der Waals surface area contributed by atoms with Crippen molar-refractivity contribution in [3.63, 3.8) is 0 Å². The Labute approximate surface area is 186 Å². The lowest BCUT2D eigenvalue weighted by atomic mass is 9.98. The van der Waals surface area contributed by atoms with Gasteiger partial charge in [-0.15, -0.1) is 0 Å². The Kier molecular flexibility index (Phi) is 6.09. The molecule has 0 fully saturated rings. The van der Waals surface area contributed by atoms with E-state index in [0.717, 1.165) is 29.7 Å². The van der Waals surface area contributed by atoms with Crippen LogP contribution in [0.1, 0.15) is 58.2 Å². The largest absolute Gasteiger partial charge is 0.348 e. The van der Waals surface area contributed by atoms with Crippen molar-refractivity contribution in [2.24, 2.45) is 0 Å². The van der Waals surface area contributed by atoms with Crippen molar-refractivity contribution in [3.05, 3.63) is 82.1 Å². The van der Waals surface area contributed by atoms with E-state index >= 15 is 0 Å². The second kappa shape index (κ2) is 8.94. The molecule has 0 atom stereocenters. The fraction of sp³-hybridized carbons (Fsp3) is 0.292. The van der Waals surface area contributed by atoms with E-state index in [9.17, 15) is 9.59 Å². The number of aromatic nitrogens is 2. The lowest BCUT2D eigenvalue weighted by Crippen LogP contribution is -2.35. The Morgan fingerprint density at radius 2 is 2.00 bits per heavy atom. The van der Waals surface area contributed by atoms with E-state index in [4.69, 9.17) is 11.6 Å². The van der Waals surface area contributed by atoms with Gasteiger partial charge in [0.05, 0.1) is 11.8 Å². The zero-order chi connectivity index (χ0) is 22.0. The number of hydrogen-bond donors (Lipinski definition) is 1. The van der Waals surface area contributed by atoms with Gasteiger partial charge in [-0.05, 0) is 62.1 Å². The summed E-state index contributed by atoms with van der Waals surface area (Å²) in [6.45, 7) is 5.12. The van der Waals surface area contributed by atoms with Gasteiger partial charge < -0.3 is 10.2 Å². The summed E-state index contributed by atoms with van der Waals surface area (Å²) in [6.07, 6.45) is 5.13. The standard InChI is InChI=1S/C24H25ClN4O2/c1-16(2)29-15-20(14-27-29)23(30)26-13-17-8-9-22-18(11-17)6-4-10-28(22)24(31)19-5-3-7-21(25)12-19/h3,5,7-9,11-12,14-16H,4,6,10,13H2,1-2H3,(H,26,30). The van der Waals surface area contributed by atoms with Crippen molar-refractivity contribution in [1.82, 2.24) is 15.1 Å². The number of fused-ring (bicyclic) bond motifs is 1. The molecule has 2 heterocycles. The van der Waals surface area contributed by atoms with Gasteiger partial charge in [0.25, 0.3) is 11.8 Å². The summed E-state index contributed by atoms with van der Waals surface area (Å²) in [5.41, 5.74) is 4.16. The molecule has 6 nitrogen and oxygen atoms in total. The van der Waals surface area contributed by atoms with E-state index in [1.807, 2.05) is 30.9 Å². The van der Waals surface area contributed by atoms with E-state index in [0.29, 0.717) is 29.2 Å². The number of halogens is 1. The zero-order valence-corrected chi connectivity index (χ0v) is 18.4. The van der Waals surface area contributed by atoms with Crippen LogP contribution < -0.4 is 10.2 Å². The summed E-state index contributed by atoms with van der Waals surface area (Å²) in [5.74, 6) is -0.200. The smallest absolute Gasteiger partial charge is 0.258 e. The zero-order valence-electron chi connectivity index (χ0n) is 17.6. The average molecular weight is 437 g/mol. The van der Waals surface area contributed by atoms with Gasteiger partial charge in [-0.3, -0.25) is 14.3 Å². The number of amides is 2. The van der Waals surface area contributed by atoms with Crippen LogP contribution in [0.15, 0.2) is 54.9 Å². The molecule has 1 aliphatic rings. The number of anilines is 1. The van der Waals surface area contributed by atoms with Crippen molar-refractivity contribution >= 4 is 29.1 Å². The highest BCUT2D eigenvalue weighted by Gasteiger charge is 2.24. The summed E-state index contributed by atoms with van der Waals surface area (Å²) in [7, 11) is 0. The molecule has 0 aliphatic carbocycles. The Hall–Kier alpha value is -3.12. The van der Waals surface area contributed by atoms with Crippen LogP contribution in [0.3, 0.4) is 0 Å². The molecule has 2 amide bonds. The number of carbonyl (C=O) groups is 2. The first-order valence-corrected chi connectivity index (χ1v) is 10.8. The van der Waals surface area contributed by atoms with Crippen molar-refractivity contribution in [2.75, 3.05) is 11.4 Å². The molecular formula is C24H25ClN4O2. The molecule has 1 N–H and O–H groups in total. The maximum Gasteiger partial charge on any atom is 0.258 e. The first-order chi connectivity index (χ1) is 14.9. The van der Waals surface area contributed by atoms with E-state index in [2.05, 4.69) is 16.5 Å². The van der Waals surface area contributed by atoms with Crippen molar-refractivity contribution in [1.29, 1.82) is 0 Å². The lowest BCUT2D eigenvalue weighted by molar-refractivity contribution is 0.0949. The fourth-order valence-electron chi connectivity index (χ4n) is 3.77. The Balaban J connectivity index is 1.46. The van der Waals surface area contributed by atoms with Crippen molar-refractivity contribution in [2.45, 2.75) is 39.3 Å². The van der Waals surface area contributed by atoms with Gasteiger partial charge in [-0.1, -0.05) is 29.8 Å². The quantitative estimate of drug-likeness (QED) is 0.633. The lowest BCUT2D eigenvalue weighted by Gasteiger charge is -2.30. The fourth-order valence-corrected chi connectivity index (χ4v) is 3.96. The number of nitrogens with zero attached hydrogens (tertiary/aromatic N) is 3. The number of rotatable bonds is 5. The van der Waals surface area contributed by atoms with Crippen molar-refractivity contribution < 1.29 is 9.59 Å². The summed E-state index contributed by atoms with van der Waals surface area (Å²) in [6, 6.07) is 13.2. The first kappa shape index (κ1) is 21.1. The number of aryl methyl sites for hydroxylation is 1. The Bertz CT molecular complexity index is 1120. The van der Waals surface area contributed by atoms with Crippen molar-refractivity contribution in [3.8, 4) is 0 Å². The monoisotopic (exact) mass is 436 g/mol. The van der Waals surface area contributed by atoms with Gasteiger partial charge in [0, 0.05) is 41.6 Å². The molecule has 2 aromatic carbocycles. The highest BCUT2D eigenvalue weighted by atomic mass is 35.5. The predicted octanol–water partition coefficient (Wildman–Crippen LogP) is 4.64. The third-order valence-corrected chi connectivity index (χ3v) is 5.66. The molecular weight excluding hydrogens is 412 g/mol. The molecule has 0 saturated carbocycles. The minimum absolute atomic E-state index is 0.0494. The molecule has 4 rings (SSSR count). The highest BCUT2D eigenvalue weighted by molar-refractivity contribution is 6.31. The molecule has 7 heteroatoms. The van der Waals surface area contributed by atoms with Crippen LogP contribution in [0.5, 0.6) is 0 Å². The van der Waals surface area contributed by atoms with Gasteiger partial charge in [-0.2, -0.15) is 5.10 Å². The third-order valence-electron chi connectivity index (χ3n) is 5.43. The van der Waals surface area contributed by atoms with E-state index in [1.165, 1.54) is 0 Å². The van der Waals surface area contributed by atoms with Gasteiger partial charge >= 0.3 is 0 Å². The summed E-state index contributed by atoms with van der Waals surface area (Å²) >= 11 is 6.06. The molecule has 1 aromatic heterocycles. The first-order valence-electron chi connectivity index (χ1n) is 10.4. The number of benzene rings is 2. The second-order valence-electron chi connectivity index (χ2n) is 8.02. The maximum absolute atomic E-state index is 13.0. The third kappa shape index (κ3) is 4.64. The Morgan fingerprint density at radius 1 is 1.16 bits per heavy atom.